The molecule has 2 amide bonds. The van der Waals surface area contributed by atoms with Crippen molar-refractivity contribution in [3.63, 3.8) is 0 Å². The second-order valence-corrected chi connectivity index (χ2v) is 9.89. The predicted molar refractivity (Wildman–Crippen MR) is 116 cm³/mol. The van der Waals surface area contributed by atoms with Crippen LogP contribution in [0.5, 0.6) is 0 Å². The third-order valence-corrected chi connectivity index (χ3v) is 7.05. The number of anilines is 2. The summed E-state index contributed by atoms with van der Waals surface area (Å²) < 4.78 is 27.9. The van der Waals surface area contributed by atoms with E-state index >= 15 is 0 Å². The Morgan fingerprint density at radius 2 is 2.00 bits per heavy atom. The summed E-state index contributed by atoms with van der Waals surface area (Å²) in [5.41, 5.74) is 3.88. The summed E-state index contributed by atoms with van der Waals surface area (Å²) in [7, 11) is -3.62. The number of aromatic nitrogens is 1. The van der Waals surface area contributed by atoms with Crippen LogP contribution in [0.2, 0.25) is 0 Å². The van der Waals surface area contributed by atoms with Crippen molar-refractivity contribution in [2.45, 2.75) is 37.1 Å². The first-order valence-electron chi connectivity index (χ1n) is 9.38. The van der Waals surface area contributed by atoms with E-state index in [9.17, 15) is 13.2 Å². The van der Waals surface area contributed by atoms with Gasteiger partial charge in [0.1, 0.15) is 0 Å². The fraction of sp³-hybridized carbons (Fsp3) is 0.300. The van der Waals surface area contributed by atoms with E-state index in [-0.39, 0.29) is 10.9 Å². The zero-order valence-electron chi connectivity index (χ0n) is 15.9. The molecule has 29 heavy (non-hydrogen) atoms. The van der Waals surface area contributed by atoms with Gasteiger partial charge >= 0.3 is 6.03 Å². The van der Waals surface area contributed by atoms with Gasteiger partial charge in [-0.1, -0.05) is 6.07 Å². The molecule has 1 saturated carbocycles. The van der Waals surface area contributed by atoms with Crippen molar-refractivity contribution in [3.8, 4) is 0 Å². The maximum absolute atomic E-state index is 12.6. The Labute approximate surface area is 174 Å². The lowest BCUT2D eigenvalue weighted by atomic mass is 10.0. The Balaban J connectivity index is 1.61. The van der Waals surface area contributed by atoms with Crippen LogP contribution >= 0.6 is 11.8 Å². The van der Waals surface area contributed by atoms with Gasteiger partial charge in [-0.2, -0.15) is 0 Å². The minimum atomic E-state index is -3.62. The SMILES string of the molecule is Cc1cncc(NC(=O)Nc2cc(S(=O)(=O)NC3CC3)ccc2C2=CSCC2)c1. The van der Waals surface area contributed by atoms with E-state index in [4.69, 9.17) is 0 Å². The first-order chi connectivity index (χ1) is 13.9. The number of hydrogen-bond donors (Lipinski definition) is 3. The Morgan fingerprint density at radius 3 is 2.69 bits per heavy atom. The number of sulfonamides is 1. The van der Waals surface area contributed by atoms with Gasteiger partial charge in [0.25, 0.3) is 0 Å². The van der Waals surface area contributed by atoms with Gasteiger partial charge in [0.2, 0.25) is 10.0 Å². The number of pyridine rings is 1. The number of thioether (sulfide) groups is 1. The molecule has 2 aromatic rings. The predicted octanol–water partition coefficient (Wildman–Crippen LogP) is 3.95. The van der Waals surface area contributed by atoms with Crippen LogP contribution in [0.15, 0.2) is 47.0 Å². The summed E-state index contributed by atoms with van der Waals surface area (Å²) in [5, 5.41) is 7.62. The number of nitrogens with zero attached hydrogens (tertiary/aromatic N) is 1. The molecule has 0 radical (unpaired) electrons. The molecule has 1 aliphatic carbocycles. The number of amides is 2. The summed E-state index contributed by atoms with van der Waals surface area (Å²) >= 11 is 1.71. The second kappa shape index (κ2) is 8.17. The second-order valence-electron chi connectivity index (χ2n) is 7.20. The maximum atomic E-state index is 12.6. The van der Waals surface area contributed by atoms with E-state index in [0.717, 1.165) is 41.7 Å². The topological polar surface area (TPSA) is 100 Å². The molecule has 1 aliphatic heterocycles. The average Bonchev–Trinajstić information content (AvgIpc) is 3.29. The highest BCUT2D eigenvalue weighted by Gasteiger charge is 2.28. The van der Waals surface area contributed by atoms with E-state index in [0.29, 0.717) is 11.4 Å². The van der Waals surface area contributed by atoms with Crippen LogP contribution in [0.4, 0.5) is 16.2 Å². The van der Waals surface area contributed by atoms with Crippen LogP contribution in [0, 0.1) is 6.92 Å². The zero-order chi connectivity index (χ0) is 20.4. The van der Waals surface area contributed by atoms with Crippen LogP contribution in [0.3, 0.4) is 0 Å². The summed E-state index contributed by atoms with van der Waals surface area (Å²) in [5.74, 6) is 0.971. The number of aryl methyl sites for hydroxylation is 1. The van der Waals surface area contributed by atoms with Crippen molar-refractivity contribution >= 4 is 44.8 Å². The van der Waals surface area contributed by atoms with Gasteiger partial charge in [0.15, 0.2) is 0 Å². The molecular formula is C20H22N4O3S2. The van der Waals surface area contributed by atoms with Crippen molar-refractivity contribution in [2.24, 2.45) is 0 Å². The molecule has 2 aliphatic rings. The summed E-state index contributed by atoms with van der Waals surface area (Å²) in [6.07, 6.45) is 5.85. The average molecular weight is 431 g/mol. The minimum Gasteiger partial charge on any atom is -0.307 e. The standard InChI is InChI=1S/C20H22N4O3S2/c1-13-8-16(11-21-10-13)22-20(25)23-19-9-17(29(26,27)24-15-2-3-15)4-5-18(19)14-6-7-28-12-14/h4-5,8-12,15,24H,2-3,6-7H2,1H3,(H2,22,23,25). The Hall–Kier alpha value is -2.36. The summed E-state index contributed by atoms with van der Waals surface area (Å²) in [6.45, 7) is 1.89. The molecule has 0 unspecified atom stereocenters. The molecule has 1 aromatic heterocycles. The van der Waals surface area contributed by atoms with Gasteiger partial charge in [-0.05, 0) is 60.9 Å². The van der Waals surface area contributed by atoms with Crippen molar-refractivity contribution in [3.05, 3.63) is 53.2 Å². The lowest BCUT2D eigenvalue weighted by Crippen LogP contribution is -2.26. The first kappa shape index (κ1) is 19.9. The van der Waals surface area contributed by atoms with Gasteiger partial charge in [-0.3, -0.25) is 4.98 Å². The lowest BCUT2D eigenvalue weighted by Gasteiger charge is -2.15. The number of rotatable bonds is 6. The van der Waals surface area contributed by atoms with Crippen LogP contribution in [-0.4, -0.2) is 31.2 Å². The minimum absolute atomic E-state index is 0.0159. The fourth-order valence-electron chi connectivity index (χ4n) is 3.06. The number of nitrogens with one attached hydrogen (secondary N) is 3. The zero-order valence-corrected chi connectivity index (χ0v) is 17.6. The Morgan fingerprint density at radius 1 is 1.17 bits per heavy atom. The van der Waals surface area contributed by atoms with E-state index in [2.05, 4.69) is 25.7 Å². The van der Waals surface area contributed by atoms with Crippen LogP contribution < -0.4 is 15.4 Å². The van der Waals surface area contributed by atoms with Crippen molar-refractivity contribution in [2.75, 3.05) is 16.4 Å². The number of allylic oxidation sites excluding steroid dienone is 1. The maximum Gasteiger partial charge on any atom is 0.323 e. The van der Waals surface area contributed by atoms with Gasteiger partial charge < -0.3 is 10.6 Å². The van der Waals surface area contributed by atoms with Gasteiger partial charge in [-0.15, -0.1) is 11.8 Å². The molecule has 0 saturated heterocycles. The van der Waals surface area contributed by atoms with Crippen LogP contribution in [-0.2, 0) is 10.0 Å². The van der Waals surface area contributed by atoms with Gasteiger partial charge in [-0.25, -0.2) is 17.9 Å². The molecular weight excluding hydrogens is 408 g/mol. The van der Waals surface area contributed by atoms with Crippen LogP contribution in [0.1, 0.15) is 30.4 Å². The van der Waals surface area contributed by atoms with Crippen LogP contribution in [0.25, 0.3) is 5.57 Å². The molecule has 0 atom stereocenters. The first-order valence-corrected chi connectivity index (χ1v) is 11.9. The highest BCUT2D eigenvalue weighted by atomic mass is 32.2. The molecule has 4 rings (SSSR count). The highest BCUT2D eigenvalue weighted by Crippen LogP contribution is 2.36. The summed E-state index contributed by atoms with van der Waals surface area (Å²) in [6, 6.07) is 6.26. The molecule has 1 fully saturated rings. The Bertz CT molecular complexity index is 1080. The number of hydrogen-bond acceptors (Lipinski definition) is 5. The summed E-state index contributed by atoms with van der Waals surface area (Å²) in [4.78, 5) is 16.8. The number of carbonyl (C=O) groups is 1. The van der Waals surface area contributed by atoms with E-state index in [1.165, 1.54) is 6.07 Å². The van der Waals surface area contributed by atoms with Crippen molar-refractivity contribution < 1.29 is 13.2 Å². The number of benzene rings is 1. The van der Waals surface area contributed by atoms with Crippen molar-refractivity contribution in [1.82, 2.24) is 9.71 Å². The van der Waals surface area contributed by atoms with Gasteiger partial charge in [0.05, 0.1) is 22.5 Å². The largest absolute Gasteiger partial charge is 0.323 e. The molecule has 152 valence electrons. The number of urea groups is 1. The van der Waals surface area contributed by atoms with E-state index in [1.54, 1.807) is 36.3 Å². The molecule has 0 spiro atoms. The monoisotopic (exact) mass is 430 g/mol. The lowest BCUT2D eigenvalue weighted by molar-refractivity contribution is 0.262. The third kappa shape index (κ3) is 4.98. The Kier molecular flexibility index (Phi) is 5.62. The molecule has 2 heterocycles. The van der Waals surface area contributed by atoms with E-state index < -0.39 is 16.1 Å². The molecule has 9 heteroatoms. The normalized spacial score (nSPS) is 16.4. The van der Waals surface area contributed by atoms with Gasteiger partial charge in [0, 0.05) is 23.6 Å². The molecule has 7 nitrogen and oxygen atoms in total. The third-order valence-electron chi connectivity index (χ3n) is 4.64. The molecule has 1 aromatic carbocycles. The highest BCUT2D eigenvalue weighted by molar-refractivity contribution is 8.02. The molecule has 3 N–H and O–H groups in total. The number of carbonyl (C=O) groups excluding carboxylic acids is 1. The van der Waals surface area contributed by atoms with Crippen molar-refractivity contribution in [1.29, 1.82) is 0 Å². The van der Waals surface area contributed by atoms with E-state index in [1.807, 2.05) is 13.0 Å². The quantitative estimate of drug-likeness (QED) is 0.644. The molecule has 0 bridgehead atoms. The smallest absolute Gasteiger partial charge is 0.307 e. The fourth-order valence-corrected chi connectivity index (χ4v) is 5.29.